The molecule has 0 bridgehead atoms. The average molecular weight is 357 g/mol. The first kappa shape index (κ1) is 16.5. The lowest BCUT2D eigenvalue weighted by Gasteiger charge is -2.03. The molecule has 2 N–H and O–H groups in total. The van der Waals surface area contributed by atoms with E-state index in [0.29, 0.717) is 0 Å². The van der Waals surface area contributed by atoms with Crippen molar-refractivity contribution in [2.75, 3.05) is 6.61 Å². The van der Waals surface area contributed by atoms with Crippen LogP contribution < -0.4 is 5.73 Å². The summed E-state index contributed by atoms with van der Waals surface area (Å²) in [6.45, 7) is 1.85. The maximum Gasteiger partial charge on any atom is 0.258 e. The Morgan fingerprint density at radius 1 is 1.38 bits per heavy atom. The van der Waals surface area contributed by atoms with Gasteiger partial charge in [-0.15, -0.1) is 11.3 Å². The summed E-state index contributed by atoms with van der Waals surface area (Å²) in [7, 11) is 0. The number of carbonyl (C=O) groups is 1. The number of fused-ring (bicyclic) bond motifs is 1. The van der Waals surface area contributed by atoms with Crippen LogP contribution in [0.2, 0.25) is 0 Å². The minimum absolute atomic E-state index is 0.225. The first-order chi connectivity index (χ1) is 11.6. The topological polar surface area (TPSA) is 77.6 Å². The van der Waals surface area contributed by atoms with Gasteiger partial charge in [-0.05, 0) is 25.1 Å². The van der Waals surface area contributed by atoms with Gasteiger partial charge in [0.15, 0.2) is 6.61 Å². The number of hydrogen-bond acceptors (Lipinski definition) is 6. The fourth-order valence-electron chi connectivity index (χ4n) is 2.02. The highest BCUT2D eigenvalue weighted by atomic mass is 32.2. The number of carbonyl (C=O) groups excluding carboxylic acids is 1. The maximum absolute atomic E-state index is 10.6. The van der Waals surface area contributed by atoms with Gasteiger partial charge in [0.1, 0.15) is 0 Å². The number of aryl methyl sites for hydroxylation is 1. The number of aromatic nitrogens is 1. The standard InChI is InChI=1S/C17H15N3O2S2/c1-11-2-4-12(5-3-11)23-15-8-19-9-16-14(15)6-13(24-16)7-20-22-10-17(18)21/h2-9H,10H2,1H3,(H2,18,21)/b20-7+. The summed E-state index contributed by atoms with van der Waals surface area (Å²) in [5.74, 6) is -0.551. The van der Waals surface area contributed by atoms with Crippen molar-refractivity contribution in [2.45, 2.75) is 16.7 Å². The number of thiophene rings is 1. The zero-order valence-electron chi connectivity index (χ0n) is 12.9. The number of pyridine rings is 1. The van der Waals surface area contributed by atoms with Crippen molar-refractivity contribution in [3.8, 4) is 0 Å². The molecule has 3 rings (SSSR count). The van der Waals surface area contributed by atoms with E-state index in [0.717, 1.165) is 19.9 Å². The SMILES string of the molecule is Cc1ccc(Sc2cncc3sc(/C=N/OCC(N)=O)cc23)cc1. The van der Waals surface area contributed by atoms with Gasteiger partial charge in [0, 0.05) is 27.6 Å². The van der Waals surface area contributed by atoms with E-state index < -0.39 is 5.91 Å². The third kappa shape index (κ3) is 4.12. The largest absolute Gasteiger partial charge is 0.386 e. The Labute approximate surface area is 147 Å². The minimum Gasteiger partial charge on any atom is -0.386 e. The first-order valence-electron chi connectivity index (χ1n) is 7.17. The lowest BCUT2D eigenvalue weighted by atomic mass is 10.2. The number of nitrogens with two attached hydrogens (primary N) is 1. The summed E-state index contributed by atoms with van der Waals surface area (Å²) < 4.78 is 1.07. The van der Waals surface area contributed by atoms with Gasteiger partial charge in [-0.2, -0.15) is 0 Å². The second-order valence-corrected chi connectivity index (χ2v) is 7.32. The Morgan fingerprint density at radius 3 is 2.92 bits per heavy atom. The minimum atomic E-state index is -0.551. The molecule has 0 saturated heterocycles. The average Bonchev–Trinajstić information content (AvgIpc) is 2.98. The van der Waals surface area contributed by atoms with Gasteiger partial charge in [-0.25, -0.2) is 0 Å². The maximum atomic E-state index is 10.6. The molecule has 2 aromatic heterocycles. The molecule has 0 saturated carbocycles. The Hall–Kier alpha value is -2.38. The summed E-state index contributed by atoms with van der Waals surface area (Å²) in [6.07, 6.45) is 5.28. The molecule has 0 aliphatic heterocycles. The zero-order valence-corrected chi connectivity index (χ0v) is 14.6. The van der Waals surface area contributed by atoms with Crippen LogP contribution in [0.1, 0.15) is 10.4 Å². The normalized spacial score (nSPS) is 11.2. The number of rotatable bonds is 6. The zero-order chi connectivity index (χ0) is 16.9. The van der Waals surface area contributed by atoms with Crippen LogP contribution in [-0.2, 0) is 9.63 Å². The molecule has 0 spiro atoms. The third-order valence-electron chi connectivity index (χ3n) is 3.14. The number of hydrogen-bond donors (Lipinski definition) is 1. The molecule has 7 heteroatoms. The molecule has 0 fully saturated rings. The van der Waals surface area contributed by atoms with Gasteiger partial charge in [-0.1, -0.05) is 34.6 Å². The third-order valence-corrected chi connectivity index (χ3v) is 5.20. The number of amides is 1. The first-order valence-corrected chi connectivity index (χ1v) is 8.81. The van der Waals surface area contributed by atoms with Crippen molar-refractivity contribution in [3.05, 3.63) is 53.2 Å². The molecule has 0 atom stereocenters. The molecular formula is C17H15N3O2S2. The summed E-state index contributed by atoms with van der Waals surface area (Å²) >= 11 is 3.24. The molecule has 1 aromatic carbocycles. The van der Waals surface area contributed by atoms with E-state index in [1.165, 1.54) is 10.5 Å². The molecule has 122 valence electrons. The van der Waals surface area contributed by atoms with Crippen LogP contribution in [0.25, 0.3) is 10.1 Å². The van der Waals surface area contributed by atoms with Gasteiger partial charge in [0.25, 0.3) is 5.91 Å². The second-order valence-electron chi connectivity index (χ2n) is 5.09. The van der Waals surface area contributed by atoms with Crippen LogP contribution in [0.4, 0.5) is 0 Å². The van der Waals surface area contributed by atoms with Gasteiger partial charge >= 0.3 is 0 Å². The quantitative estimate of drug-likeness (QED) is 0.540. The fraction of sp³-hybridized carbons (Fsp3) is 0.118. The molecule has 3 aromatic rings. The van der Waals surface area contributed by atoms with Crippen LogP contribution in [0, 0.1) is 6.92 Å². The van der Waals surface area contributed by atoms with Gasteiger partial charge < -0.3 is 10.6 Å². The summed E-state index contributed by atoms with van der Waals surface area (Å²) in [4.78, 5) is 22.9. The van der Waals surface area contributed by atoms with Crippen molar-refractivity contribution >= 4 is 45.3 Å². The highest BCUT2D eigenvalue weighted by Crippen LogP contribution is 2.36. The van der Waals surface area contributed by atoms with Crippen molar-refractivity contribution in [2.24, 2.45) is 10.9 Å². The Balaban J connectivity index is 1.81. The number of benzene rings is 1. The van der Waals surface area contributed by atoms with E-state index in [-0.39, 0.29) is 6.61 Å². The van der Waals surface area contributed by atoms with Crippen LogP contribution in [0.15, 0.2) is 57.7 Å². The van der Waals surface area contributed by atoms with Crippen LogP contribution in [0.3, 0.4) is 0 Å². The summed E-state index contributed by atoms with van der Waals surface area (Å²) in [6, 6.07) is 10.4. The molecule has 0 aliphatic carbocycles. The highest BCUT2D eigenvalue weighted by Gasteiger charge is 2.08. The van der Waals surface area contributed by atoms with Gasteiger partial charge in [0.05, 0.1) is 15.8 Å². The predicted octanol–water partition coefficient (Wildman–Crippen LogP) is 3.59. The van der Waals surface area contributed by atoms with E-state index in [9.17, 15) is 4.79 Å². The smallest absolute Gasteiger partial charge is 0.258 e. The van der Waals surface area contributed by atoms with E-state index >= 15 is 0 Å². The molecular weight excluding hydrogens is 342 g/mol. The van der Waals surface area contributed by atoms with Crippen LogP contribution >= 0.6 is 23.1 Å². The molecule has 5 nitrogen and oxygen atoms in total. The molecule has 1 amide bonds. The van der Waals surface area contributed by atoms with E-state index in [2.05, 4.69) is 41.3 Å². The molecule has 0 radical (unpaired) electrons. The Morgan fingerprint density at radius 2 is 2.17 bits per heavy atom. The Bertz CT molecular complexity index is 888. The molecule has 2 heterocycles. The van der Waals surface area contributed by atoms with Crippen LogP contribution in [0.5, 0.6) is 0 Å². The molecule has 0 aliphatic rings. The van der Waals surface area contributed by atoms with Crippen LogP contribution in [-0.4, -0.2) is 23.7 Å². The van der Waals surface area contributed by atoms with E-state index in [1.54, 1.807) is 29.3 Å². The predicted molar refractivity (Wildman–Crippen MR) is 97.7 cm³/mol. The lowest BCUT2D eigenvalue weighted by Crippen LogP contribution is -2.16. The number of nitrogens with zero attached hydrogens (tertiary/aromatic N) is 2. The van der Waals surface area contributed by atoms with E-state index in [1.807, 2.05) is 18.5 Å². The molecule has 24 heavy (non-hydrogen) atoms. The van der Waals surface area contributed by atoms with Crippen molar-refractivity contribution in [3.63, 3.8) is 0 Å². The number of oxime groups is 1. The van der Waals surface area contributed by atoms with Crippen molar-refractivity contribution in [1.29, 1.82) is 0 Å². The summed E-state index contributed by atoms with van der Waals surface area (Å²) in [5, 5.41) is 4.88. The number of primary amides is 1. The lowest BCUT2D eigenvalue weighted by molar-refractivity contribution is -0.122. The highest BCUT2D eigenvalue weighted by molar-refractivity contribution is 7.99. The molecule has 0 unspecified atom stereocenters. The fourth-order valence-corrected chi connectivity index (χ4v) is 3.93. The second kappa shape index (κ2) is 7.46. The summed E-state index contributed by atoms with van der Waals surface area (Å²) in [5.41, 5.74) is 6.23. The van der Waals surface area contributed by atoms with E-state index in [4.69, 9.17) is 10.6 Å². The van der Waals surface area contributed by atoms with Gasteiger partial charge in [-0.3, -0.25) is 9.78 Å². The monoisotopic (exact) mass is 357 g/mol. The Kier molecular flexibility index (Phi) is 5.12. The van der Waals surface area contributed by atoms with Crippen molar-refractivity contribution < 1.29 is 9.63 Å². The van der Waals surface area contributed by atoms with Gasteiger partial charge in [0.2, 0.25) is 0 Å². The van der Waals surface area contributed by atoms with Crippen molar-refractivity contribution in [1.82, 2.24) is 4.98 Å².